The molecule has 3 N–H and O–H groups in total. The number of halogens is 1. The molecule has 2 aromatic heterocycles. The number of rotatable bonds is 6. The van der Waals surface area contributed by atoms with Crippen molar-refractivity contribution in [2.75, 3.05) is 31.1 Å². The van der Waals surface area contributed by atoms with Crippen molar-refractivity contribution in [1.82, 2.24) is 9.47 Å². The summed E-state index contributed by atoms with van der Waals surface area (Å²) in [6.45, 7) is 3.69. The van der Waals surface area contributed by atoms with Crippen LogP contribution < -0.4 is 15.8 Å². The highest BCUT2D eigenvalue weighted by Crippen LogP contribution is 2.27. The Bertz CT molecular complexity index is 1370. The minimum atomic E-state index is -1.36. The van der Waals surface area contributed by atoms with Crippen molar-refractivity contribution in [1.29, 1.82) is 0 Å². The van der Waals surface area contributed by atoms with Crippen LogP contribution in [-0.4, -0.2) is 56.9 Å². The minimum Gasteiger partial charge on any atom is -0.502 e. The number of carboxylic acids is 1. The minimum absolute atomic E-state index is 0.0101. The van der Waals surface area contributed by atoms with E-state index in [-0.39, 0.29) is 23.5 Å². The molecule has 0 unspecified atom stereocenters. The number of aliphatic hydroxyl groups is 1. The number of hydrogen-bond acceptors (Lipinski definition) is 8. The van der Waals surface area contributed by atoms with E-state index in [4.69, 9.17) is 4.42 Å². The number of fused-ring (bicyclic) bond motifs is 1. The first-order valence-electron chi connectivity index (χ1n) is 10.8. The standard InChI is InChI=1S/C23H24FN3O7/c1-2-26-10-15(23(32)33)21(30)14-8-16(24)18(9-17(14)26)27-5-3-25(4-6-27)11-20-22(31)19(29)7-13(12-28)34-20/h7-10,28,31H,2-6,11-12H2,1H3,(H,32,33). The molecule has 3 heterocycles. The molecular weight excluding hydrogens is 449 g/mol. The van der Waals surface area contributed by atoms with Gasteiger partial charge in [-0.2, -0.15) is 0 Å². The average molecular weight is 473 g/mol. The Labute approximate surface area is 192 Å². The maximum atomic E-state index is 15.0. The fraction of sp³-hybridized carbons (Fsp3) is 0.348. The Morgan fingerprint density at radius 2 is 1.85 bits per heavy atom. The number of pyridine rings is 1. The molecule has 10 nitrogen and oxygen atoms in total. The van der Waals surface area contributed by atoms with E-state index in [1.807, 2.05) is 9.80 Å². The second kappa shape index (κ2) is 9.27. The fourth-order valence-corrected chi connectivity index (χ4v) is 4.18. The maximum absolute atomic E-state index is 15.0. The Hall–Kier alpha value is -3.70. The number of aryl methyl sites for hydroxylation is 1. The fourth-order valence-electron chi connectivity index (χ4n) is 4.18. The molecule has 1 saturated heterocycles. The van der Waals surface area contributed by atoms with E-state index in [2.05, 4.69) is 0 Å². The third kappa shape index (κ3) is 4.27. The van der Waals surface area contributed by atoms with Crippen molar-refractivity contribution in [3.05, 3.63) is 67.7 Å². The van der Waals surface area contributed by atoms with Gasteiger partial charge in [-0.1, -0.05) is 0 Å². The van der Waals surface area contributed by atoms with Crippen molar-refractivity contribution in [3.8, 4) is 5.75 Å². The molecule has 0 saturated carbocycles. The first-order valence-corrected chi connectivity index (χ1v) is 10.8. The van der Waals surface area contributed by atoms with Crippen molar-refractivity contribution in [2.24, 2.45) is 0 Å². The van der Waals surface area contributed by atoms with E-state index in [1.165, 1.54) is 6.20 Å². The van der Waals surface area contributed by atoms with E-state index in [0.717, 1.165) is 12.1 Å². The molecule has 0 atom stereocenters. The topological polar surface area (TPSA) is 136 Å². The predicted octanol–water partition coefficient (Wildman–Crippen LogP) is 1.33. The molecule has 4 rings (SSSR count). The highest BCUT2D eigenvalue weighted by molar-refractivity contribution is 5.93. The average Bonchev–Trinajstić information content (AvgIpc) is 2.82. The zero-order valence-corrected chi connectivity index (χ0v) is 18.5. The van der Waals surface area contributed by atoms with Crippen molar-refractivity contribution < 1.29 is 28.9 Å². The summed E-state index contributed by atoms with van der Waals surface area (Å²) >= 11 is 0. The van der Waals surface area contributed by atoms with Crippen LogP contribution in [0.1, 0.15) is 28.8 Å². The van der Waals surface area contributed by atoms with Crippen LogP contribution in [0.3, 0.4) is 0 Å². The van der Waals surface area contributed by atoms with Gasteiger partial charge in [-0.25, -0.2) is 9.18 Å². The van der Waals surface area contributed by atoms with Crippen LogP contribution in [0.5, 0.6) is 5.75 Å². The Morgan fingerprint density at radius 3 is 2.47 bits per heavy atom. The summed E-state index contributed by atoms with van der Waals surface area (Å²) in [5, 5.41) is 28.5. The zero-order valence-electron chi connectivity index (χ0n) is 18.5. The van der Waals surface area contributed by atoms with Gasteiger partial charge in [0.15, 0.2) is 5.76 Å². The first kappa shape index (κ1) is 23.5. The Morgan fingerprint density at radius 1 is 1.15 bits per heavy atom. The molecule has 0 amide bonds. The smallest absolute Gasteiger partial charge is 0.341 e. The highest BCUT2D eigenvalue weighted by Gasteiger charge is 2.24. The Balaban J connectivity index is 1.58. The number of carbonyl (C=O) groups is 1. The van der Waals surface area contributed by atoms with Gasteiger partial charge in [0, 0.05) is 50.4 Å². The molecule has 34 heavy (non-hydrogen) atoms. The lowest BCUT2D eigenvalue weighted by atomic mass is 10.1. The molecule has 0 spiro atoms. The lowest BCUT2D eigenvalue weighted by molar-refractivity contribution is 0.0695. The van der Waals surface area contributed by atoms with Crippen LogP contribution in [-0.2, 0) is 19.7 Å². The summed E-state index contributed by atoms with van der Waals surface area (Å²) in [4.78, 5) is 39.5. The lowest BCUT2D eigenvalue weighted by Gasteiger charge is -2.36. The van der Waals surface area contributed by atoms with Gasteiger partial charge < -0.3 is 29.2 Å². The van der Waals surface area contributed by atoms with Gasteiger partial charge >= 0.3 is 5.97 Å². The summed E-state index contributed by atoms with van der Waals surface area (Å²) in [5.74, 6) is -2.37. The van der Waals surface area contributed by atoms with Gasteiger partial charge in [0.2, 0.25) is 16.6 Å². The summed E-state index contributed by atoms with van der Waals surface area (Å²) in [5.41, 5.74) is -1.02. The molecule has 3 aromatic rings. The molecule has 1 fully saturated rings. The molecule has 0 radical (unpaired) electrons. The van der Waals surface area contributed by atoms with Crippen molar-refractivity contribution in [2.45, 2.75) is 26.6 Å². The number of hydrogen-bond donors (Lipinski definition) is 3. The molecule has 1 aliphatic heterocycles. The van der Waals surface area contributed by atoms with Crippen molar-refractivity contribution >= 4 is 22.6 Å². The third-order valence-electron chi connectivity index (χ3n) is 6.00. The number of nitrogens with zero attached hydrogens (tertiary/aromatic N) is 3. The molecule has 1 aromatic carbocycles. The number of aromatic carboxylic acids is 1. The van der Waals surface area contributed by atoms with E-state index >= 15 is 4.39 Å². The molecule has 0 bridgehead atoms. The van der Waals surface area contributed by atoms with Crippen LogP contribution in [0, 0.1) is 5.82 Å². The van der Waals surface area contributed by atoms with Gasteiger partial charge in [0.05, 0.1) is 17.7 Å². The van der Waals surface area contributed by atoms with E-state index in [0.29, 0.717) is 43.9 Å². The number of benzene rings is 1. The molecule has 180 valence electrons. The quantitative estimate of drug-likeness (QED) is 0.484. The van der Waals surface area contributed by atoms with E-state index in [1.54, 1.807) is 17.6 Å². The normalized spacial score (nSPS) is 14.6. The number of aromatic nitrogens is 1. The van der Waals surface area contributed by atoms with Gasteiger partial charge in [0.25, 0.3) is 0 Å². The molecule has 0 aliphatic carbocycles. The predicted molar refractivity (Wildman–Crippen MR) is 121 cm³/mol. The number of anilines is 1. The van der Waals surface area contributed by atoms with Crippen LogP contribution in [0.4, 0.5) is 10.1 Å². The summed E-state index contributed by atoms with van der Waals surface area (Å²) in [6, 6.07) is 3.69. The van der Waals surface area contributed by atoms with Gasteiger partial charge in [-0.05, 0) is 19.1 Å². The SMILES string of the molecule is CCn1cc(C(=O)O)c(=O)c2cc(F)c(N3CCN(Cc4oc(CO)cc(=O)c4O)CC3)cc21. The van der Waals surface area contributed by atoms with Crippen molar-refractivity contribution in [3.63, 3.8) is 0 Å². The highest BCUT2D eigenvalue weighted by atomic mass is 19.1. The second-order valence-corrected chi connectivity index (χ2v) is 8.05. The van der Waals surface area contributed by atoms with E-state index < -0.39 is 40.6 Å². The molecular formula is C23H24FN3O7. The van der Waals surface area contributed by atoms with Gasteiger partial charge in [-0.15, -0.1) is 0 Å². The van der Waals surface area contributed by atoms with Crippen LogP contribution in [0.25, 0.3) is 10.9 Å². The van der Waals surface area contributed by atoms with Crippen LogP contribution in [0.2, 0.25) is 0 Å². The monoisotopic (exact) mass is 473 g/mol. The third-order valence-corrected chi connectivity index (χ3v) is 6.00. The van der Waals surface area contributed by atoms with Crippen LogP contribution >= 0.6 is 0 Å². The zero-order chi connectivity index (χ0) is 24.6. The van der Waals surface area contributed by atoms with Gasteiger partial charge in [0.1, 0.15) is 23.7 Å². The summed E-state index contributed by atoms with van der Waals surface area (Å²) in [7, 11) is 0. The van der Waals surface area contributed by atoms with Crippen LogP contribution in [0.15, 0.2) is 38.4 Å². The molecule has 11 heteroatoms. The summed E-state index contributed by atoms with van der Waals surface area (Å²) in [6.07, 6.45) is 1.27. The maximum Gasteiger partial charge on any atom is 0.341 e. The first-order chi connectivity index (χ1) is 16.2. The summed E-state index contributed by atoms with van der Waals surface area (Å²) < 4.78 is 22.0. The molecule has 1 aliphatic rings. The number of aliphatic hydroxyl groups excluding tert-OH is 1. The second-order valence-electron chi connectivity index (χ2n) is 8.05. The lowest BCUT2D eigenvalue weighted by Crippen LogP contribution is -2.46. The van der Waals surface area contributed by atoms with E-state index in [9.17, 15) is 29.7 Å². The number of piperazine rings is 1. The Kier molecular flexibility index (Phi) is 6.40. The largest absolute Gasteiger partial charge is 0.502 e. The van der Waals surface area contributed by atoms with Gasteiger partial charge in [-0.3, -0.25) is 14.5 Å². The number of aromatic hydroxyl groups is 1. The number of carboxylic acid groups (broad SMARTS) is 1.